The van der Waals surface area contributed by atoms with E-state index in [0.717, 1.165) is 0 Å². The van der Waals surface area contributed by atoms with Crippen LogP contribution in [0.1, 0.15) is 0 Å². The molecule has 72 valence electrons. The van der Waals surface area contributed by atoms with Crippen molar-refractivity contribution in [3.05, 3.63) is 0 Å². The van der Waals surface area contributed by atoms with E-state index in [1.54, 1.807) is 0 Å². The van der Waals surface area contributed by atoms with Crippen molar-refractivity contribution in [2.75, 3.05) is 0 Å². The van der Waals surface area contributed by atoms with E-state index in [9.17, 15) is 0 Å². The molecule has 0 radical (unpaired) electrons. The quantitative estimate of drug-likeness (QED) is 0.0814. The monoisotopic (exact) mass is 199 g/mol. The molecule has 10 heteroatoms. The Labute approximate surface area is 68.8 Å². The molecule has 0 aliphatic heterocycles. The number of nitrogens with two attached hydrogens (primary N) is 3. The van der Waals surface area contributed by atoms with E-state index < -0.39 is 10.4 Å². The molecule has 0 heterocycles. The van der Waals surface area contributed by atoms with Gasteiger partial charge in [-0.2, -0.15) is 13.7 Å². The van der Waals surface area contributed by atoms with Crippen LogP contribution < -0.4 is 17.2 Å². The lowest BCUT2D eigenvalue weighted by atomic mass is 11.1. The van der Waals surface area contributed by atoms with Gasteiger partial charge >= 0.3 is 10.4 Å². The third-order valence-corrected chi connectivity index (χ3v) is 0. The van der Waals surface area contributed by atoms with Gasteiger partial charge in [0.05, 0.1) is 0 Å². The summed E-state index contributed by atoms with van der Waals surface area (Å²) in [6.07, 6.45) is 1.25. The zero-order chi connectivity index (χ0) is 10.8. The van der Waals surface area contributed by atoms with Gasteiger partial charge in [-0.1, -0.05) is 0 Å². The Balaban J connectivity index is -0.000000105. The molecule has 0 aromatic carbocycles. The molecular weight excluding hydrogens is 190 g/mol. The number of nitriles is 1. The second kappa shape index (κ2) is 9.43. The van der Waals surface area contributed by atoms with E-state index in [2.05, 4.69) is 17.2 Å². The van der Waals surface area contributed by atoms with Crippen molar-refractivity contribution in [3.8, 4) is 6.19 Å². The van der Waals surface area contributed by atoms with Gasteiger partial charge in [-0.25, -0.2) is 0 Å². The fraction of sp³-hybridized carbons (Fsp3) is 0. The number of nitrogens with one attached hydrogen (secondary N) is 1. The van der Waals surface area contributed by atoms with Crippen LogP contribution in [0, 0.1) is 16.9 Å². The summed E-state index contributed by atoms with van der Waals surface area (Å²) < 4.78 is 31.6. The molecule has 0 saturated heterocycles. The van der Waals surface area contributed by atoms with E-state index in [1.165, 1.54) is 6.19 Å². The molecule has 9 nitrogen and oxygen atoms in total. The van der Waals surface area contributed by atoms with Gasteiger partial charge in [0.15, 0.2) is 12.2 Å². The number of nitrogens with zero attached hydrogens (tertiary/aromatic N) is 1. The first kappa shape index (κ1) is 16.8. The van der Waals surface area contributed by atoms with E-state index in [-0.39, 0.29) is 5.96 Å². The summed E-state index contributed by atoms with van der Waals surface area (Å²) in [6.45, 7) is 0. The predicted molar refractivity (Wildman–Crippen MR) is 40.1 cm³/mol. The number of hydrogen-bond donors (Lipinski definition) is 6. The van der Waals surface area contributed by atoms with Crippen LogP contribution in [0.2, 0.25) is 0 Å². The summed E-state index contributed by atoms with van der Waals surface area (Å²) in [7, 11) is -4.67. The molecule has 9 N–H and O–H groups in total. The Morgan fingerprint density at radius 3 is 1.42 bits per heavy atom. The smallest absolute Gasteiger partial charge is 0.370 e. The summed E-state index contributed by atoms with van der Waals surface area (Å²) in [4.78, 5) is 0. The Hall–Kier alpha value is -1.57. The summed E-state index contributed by atoms with van der Waals surface area (Å²) in [6, 6.07) is 0. The lowest BCUT2D eigenvalue weighted by Crippen LogP contribution is -2.20. The molecule has 0 spiro atoms. The third-order valence-electron chi connectivity index (χ3n) is 0. The predicted octanol–water partition coefficient (Wildman–Crippen LogP) is -2.39. The van der Waals surface area contributed by atoms with Crippen molar-refractivity contribution in [1.82, 2.24) is 0 Å². The van der Waals surface area contributed by atoms with Crippen molar-refractivity contribution in [3.63, 3.8) is 0 Å². The number of rotatable bonds is 0. The highest BCUT2D eigenvalue weighted by atomic mass is 32.3. The Morgan fingerprint density at radius 1 is 1.42 bits per heavy atom. The summed E-state index contributed by atoms with van der Waals surface area (Å²) in [5, 5.41) is 13.2. The molecule has 0 aromatic rings. The summed E-state index contributed by atoms with van der Waals surface area (Å²) in [5.74, 6) is -0.333. The molecule has 0 aliphatic carbocycles. The SMILES string of the molecule is N#CN.N=C(N)N.O=S(=O)(O)O. The van der Waals surface area contributed by atoms with Crippen molar-refractivity contribution >= 4 is 16.4 Å². The molecule has 0 rings (SSSR count). The summed E-state index contributed by atoms with van der Waals surface area (Å²) >= 11 is 0. The van der Waals surface area contributed by atoms with Gasteiger partial charge in [-0.3, -0.25) is 14.5 Å². The molecule has 0 atom stereocenters. The minimum atomic E-state index is -4.67. The van der Waals surface area contributed by atoms with Crippen molar-refractivity contribution < 1.29 is 17.5 Å². The Morgan fingerprint density at radius 2 is 1.42 bits per heavy atom. The van der Waals surface area contributed by atoms with Gasteiger partial charge in [0.2, 0.25) is 0 Å². The van der Waals surface area contributed by atoms with Crippen LogP contribution in [-0.2, 0) is 10.4 Å². The largest absolute Gasteiger partial charge is 0.394 e. The molecular formula is C2H9N5O4S. The molecule has 0 unspecified atom stereocenters. The van der Waals surface area contributed by atoms with Crippen LogP contribution in [0.5, 0.6) is 0 Å². The second-order valence-electron chi connectivity index (χ2n) is 1.03. The van der Waals surface area contributed by atoms with Crippen LogP contribution in [0.25, 0.3) is 0 Å². The molecule has 0 bridgehead atoms. The van der Waals surface area contributed by atoms with Crippen LogP contribution in [0.4, 0.5) is 0 Å². The summed E-state index contributed by atoms with van der Waals surface area (Å²) in [5.41, 5.74) is 13.1. The van der Waals surface area contributed by atoms with Crippen LogP contribution in [0.3, 0.4) is 0 Å². The lowest BCUT2D eigenvalue weighted by Gasteiger charge is -1.69. The van der Waals surface area contributed by atoms with Crippen LogP contribution in [-0.4, -0.2) is 23.5 Å². The Kier molecular flexibility index (Phi) is 13.2. The molecule has 0 fully saturated rings. The van der Waals surface area contributed by atoms with E-state index in [1.807, 2.05) is 0 Å². The zero-order valence-corrected chi connectivity index (χ0v) is 6.61. The fourth-order valence-electron chi connectivity index (χ4n) is 0. The maximum atomic E-state index is 8.74. The minimum Gasteiger partial charge on any atom is -0.370 e. The Bertz CT molecular complexity index is 227. The number of guanidine groups is 1. The molecule has 12 heavy (non-hydrogen) atoms. The molecule has 0 amide bonds. The van der Waals surface area contributed by atoms with E-state index >= 15 is 0 Å². The maximum absolute atomic E-state index is 8.74. The topological polar surface area (TPSA) is 200 Å². The van der Waals surface area contributed by atoms with E-state index in [0.29, 0.717) is 0 Å². The zero-order valence-electron chi connectivity index (χ0n) is 5.80. The first-order chi connectivity index (χ1) is 5.15. The second-order valence-corrected chi connectivity index (χ2v) is 1.93. The minimum absolute atomic E-state index is 0.333. The highest BCUT2D eigenvalue weighted by molar-refractivity contribution is 7.79. The first-order valence-corrected chi connectivity index (χ1v) is 3.44. The third kappa shape index (κ3) is 189. The van der Waals surface area contributed by atoms with Gasteiger partial charge in [-0.05, 0) is 0 Å². The van der Waals surface area contributed by atoms with Gasteiger partial charge in [0.25, 0.3) is 0 Å². The van der Waals surface area contributed by atoms with Gasteiger partial charge in [0.1, 0.15) is 0 Å². The molecule has 0 aliphatic rings. The standard InChI is InChI=1S/CH5N3.CH2N2.H2O4S/c2-1(3)4;2-1-3;1-5(2,3)4/h(H5,2,3,4);2H2;(H2,1,2,3,4). The highest BCUT2D eigenvalue weighted by Gasteiger charge is 1.84. The van der Waals surface area contributed by atoms with E-state index in [4.69, 9.17) is 28.2 Å². The molecule has 0 saturated carbocycles. The van der Waals surface area contributed by atoms with Crippen LogP contribution in [0.15, 0.2) is 0 Å². The van der Waals surface area contributed by atoms with Crippen LogP contribution >= 0.6 is 0 Å². The van der Waals surface area contributed by atoms with Crippen molar-refractivity contribution in [2.45, 2.75) is 0 Å². The first-order valence-electron chi connectivity index (χ1n) is 2.04. The maximum Gasteiger partial charge on any atom is 0.394 e. The van der Waals surface area contributed by atoms with Crippen molar-refractivity contribution in [2.24, 2.45) is 17.2 Å². The lowest BCUT2D eigenvalue weighted by molar-refractivity contribution is 0.381. The normalized spacial score (nSPS) is 7.42. The van der Waals surface area contributed by atoms with Gasteiger partial charge in [0, 0.05) is 0 Å². The highest BCUT2D eigenvalue weighted by Crippen LogP contribution is 1.59. The van der Waals surface area contributed by atoms with Gasteiger partial charge in [-0.15, -0.1) is 0 Å². The average Bonchev–Trinajstić information content (AvgIpc) is 1.56. The number of hydrogen-bond acceptors (Lipinski definition) is 5. The van der Waals surface area contributed by atoms with Gasteiger partial charge < -0.3 is 17.2 Å². The average molecular weight is 199 g/mol. The van der Waals surface area contributed by atoms with Crippen molar-refractivity contribution in [1.29, 1.82) is 10.7 Å². The molecule has 0 aromatic heterocycles. The fourth-order valence-corrected chi connectivity index (χ4v) is 0.